The maximum Gasteiger partial charge on any atom is 0.326 e. The SMILES string of the molecule is O=C(O)C1CCCCCN1C(=O)NCCN1CCSCC1. The van der Waals surface area contributed by atoms with Crippen molar-refractivity contribution in [3.63, 3.8) is 0 Å². The number of urea groups is 1. The van der Waals surface area contributed by atoms with Crippen molar-refractivity contribution in [3.05, 3.63) is 0 Å². The summed E-state index contributed by atoms with van der Waals surface area (Å²) < 4.78 is 0. The van der Waals surface area contributed by atoms with Crippen molar-refractivity contribution >= 4 is 23.8 Å². The predicted molar refractivity (Wildman–Crippen MR) is 83.8 cm³/mol. The second kappa shape index (κ2) is 8.48. The molecule has 0 spiro atoms. The van der Waals surface area contributed by atoms with Gasteiger partial charge in [-0.15, -0.1) is 0 Å². The number of likely N-dealkylation sites (tertiary alicyclic amines) is 1. The summed E-state index contributed by atoms with van der Waals surface area (Å²) in [6, 6.07) is -0.894. The number of carbonyl (C=O) groups excluding carboxylic acids is 1. The first-order valence-corrected chi connectivity index (χ1v) is 8.91. The number of rotatable bonds is 4. The van der Waals surface area contributed by atoms with Crippen LogP contribution in [0.2, 0.25) is 0 Å². The van der Waals surface area contributed by atoms with Crippen LogP contribution in [0.25, 0.3) is 0 Å². The van der Waals surface area contributed by atoms with Crippen LogP contribution in [0.5, 0.6) is 0 Å². The van der Waals surface area contributed by atoms with Crippen molar-refractivity contribution in [1.82, 2.24) is 15.1 Å². The molecular weight excluding hydrogens is 290 g/mol. The molecule has 2 heterocycles. The van der Waals surface area contributed by atoms with Crippen LogP contribution >= 0.6 is 11.8 Å². The molecule has 2 rings (SSSR count). The zero-order valence-electron chi connectivity index (χ0n) is 12.4. The van der Waals surface area contributed by atoms with Gasteiger partial charge < -0.3 is 15.3 Å². The average molecular weight is 315 g/mol. The van der Waals surface area contributed by atoms with E-state index in [4.69, 9.17) is 0 Å². The lowest BCUT2D eigenvalue weighted by Crippen LogP contribution is -2.50. The first kappa shape index (κ1) is 16.4. The van der Waals surface area contributed by atoms with Gasteiger partial charge in [0.15, 0.2) is 0 Å². The number of carbonyl (C=O) groups is 2. The molecule has 2 aliphatic heterocycles. The fourth-order valence-electron chi connectivity index (χ4n) is 2.86. The number of carboxylic acids is 1. The highest BCUT2D eigenvalue weighted by Crippen LogP contribution is 2.17. The highest BCUT2D eigenvalue weighted by Gasteiger charge is 2.30. The van der Waals surface area contributed by atoms with Gasteiger partial charge in [0, 0.05) is 44.2 Å². The molecule has 0 aromatic carbocycles. The van der Waals surface area contributed by atoms with Gasteiger partial charge in [-0.2, -0.15) is 11.8 Å². The fraction of sp³-hybridized carbons (Fsp3) is 0.857. The fourth-order valence-corrected chi connectivity index (χ4v) is 3.83. The van der Waals surface area contributed by atoms with Crippen LogP contribution in [0.15, 0.2) is 0 Å². The van der Waals surface area contributed by atoms with E-state index in [-0.39, 0.29) is 6.03 Å². The first-order chi connectivity index (χ1) is 10.2. The normalized spacial score (nSPS) is 24.4. The van der Waals surface area contributed by atoms with E-state index in [2.05, 4.69) is 10.2 Å². The van der Waals surface area contributed by atoms with E-state index < -0.39 is 12.0 Å². The van der Waals surface area contributed by atoms with Gasteiger partial charge in [-0.25, -0.2) is 9.59 Å². The molecule has 6 nitrogen and oxygen atoms in total. The number of carboxylic acid groups (broad SMARTS) is 1. The van der Waals surface area contributed by atoms with Gasteiger partial charge in [0.05, 0.1) is 0 Å². The molecular formula is C14H25N3O3S. The highest BCUT2D eigenvalue weighted by molar-refractivity contribution is 7.99. The second-order valence-electron chi connectivity index (χ2n) is 5.58. The van der Waals surface area contributed by atoms with Crippen LogP contribution in [-0.4, -0.2) is 77.2 Å². The van der Waals surface area contributed by atoms with E-state index in [1.165, 1.54) is 4.90 Å². The zero-order chi connectivity index (χ0) is 15.1. The number of nitrogens with zero attached hydrogens (tertiary/aromatic N) is 2. The quantitative estimate of drug-likeness (QED) is 0.812. The molecule has 2 saturated heterocycles. The van der Waals surface area contributed by atoms with Crippen molar-refractivity contribution in [2.75, 3.05) is 44.2 Å². The number of nitrogens with one attached hydrogen (secondary N) is 1. The predicted octanol–water partition coefficient (Wildman–Crippen LogP) is 1.07. The van der Waals surface area contributed by atoms with E-state index in [1.807, 2.05) is 11.8 Å². The molecule has 1 atom stereocenters. The maximum absolute atomic E-state index is 12.2. The molecule has 0 aromatic heterocycles. The van der Waals surface area contributed by atoms with Gasteiger partial charge in [-0.1, -0.05) is 12.8 Å². The molecule has 0 aromatic rings. The van der Waals surface area contributed by atoms with E-state index >= 15 is 0 Å². The minimum Gasteiger partial charge on any atom is -0.480 e. The van der Waals surface area contributed by atoms with Gasteiger partial charge in [0.1, 0.15) is 6.04 Å². The number of thioether (sulfide) groups is 1. The monoisotopic (exact) mass is 315 g/mol. The van der Waals surface area contributed by atoms with E-state index in [1.54, 1.807) is 0 Å². The summed E-state index contributed by atoms with van der Waals surface area (Å²) in [5, 5.41) is 12.2. The van der Waals surface area contributed by atoms with Crippen molar-refractivity contribution in [2.45, 2.75) is 31.7 Å². The summed E-state index contributed by atoms with van der Waals surface area (Å²) >= 11 is 1.96. The Bertz CT molecular complexity index is 361. The lowest BCUT2D eigenvalue weighted by molar-refractivity contribution is -0.142. The summed E-state index contributed by atoms with van der Waals surface area (Å²) in [6.07, 6.45) is 3.33. The maximum atomic E-state index is 12.2. The van der Waals surface area contributed by atoms with Crippen LogP contribution in [0.4, 0.5) is 4.79 Å². The molecule has 2 fully saturated rings. The molecule has 2 aliphatic rings. The molecule has 0 radical (unpaired) electrons. The minimum atomic E-state index is -0.889. The lowest BCUT2D eigenvalue weighted by Gasteiger charge is -2.29. The molecule has 0 bridgehead atoms. The molecule has 21 heavy (non-hydrogen) atoms. The highest BCUT2D eigenvalue weighted by atomic mass is 32.2. The van der Waals surface area contributed by atoms with Crippen molar-refractivity contribution < 1.29 is 14.7 Å². The third-order valence-corrected chi connectivity index (χ3v) is 5.05. The minimum absolute atomic E-state index is 0.226. The molecule has 2 N–H and O–H groups in total. The largest absolute Gasteiger partial charge is 0.480 e. The summed E-state index contributed by atoms with van der Waals surface area (Å²) in [5.74, 6) is 1.42. The first-order valence-electron chi connectivity index (χ1n) is 7.76. The van der Waals surface area contributed by atoms with Gasteiger partial charge in [-0.3, -0.25) is 4.90 Å². The third kappa shape index (κ3) is 5.07. The smallest absolute Gasteiger partial charge is 0.326 e. The molecule has 7 heteroatoms. The number of aliphatic carboxylic acids is 1. The van der Waals surface area contributed by atoms with Crippen LogP contribution in [0.1, 0.15) is 25.7 Å². The van der Waals surface area contributed by atoms with Crippen molar-refractivity contribution in [3.8, 4) is 0 Å². The Hall–Kier alpha value is -0.950. The Morgan fingerprint density at radius 1 is 1.14 bits per heavy atom. The Kier molecular flexibility index (Phi) is 6.63. The van der Waals surface area contributed by atoms with Crippen LogP contribution < -0.4 is 5.32 Å². The molecule has 0 aliphatic carbocycles. The topological polar surface area (TPSA) is 72.9 Å². The summed E-state index contributed by atoms with van der Waals surface area (Å²) in [6.45, 7) is 4.12. The van der Waals surface area contributed by atoms with Crippen LogP contribution in [0, 0.1) is 0 Å². The summed E-state index contributed by atoms with van der Waals surface area (Å²) in [4.78, 5) is 27.4. The van der Waals surface area contributed by atoms with Crippen LogP contribution in [-0.2, 0) is 4.79 Å². The van der Waals surface area contributed by atoms with Gasteiger partial charge in [0.25, 0.3) is 0 Å². The van der Waals surface area contributed by atoms with Crippen molar-refractivity contribution in [2.24, 2.45) is 0 Å². The van der Waals surface area contributed by atoms with Crippen LogP contribution in [0.3, 0.4) is 0 Å². The number of hydrogen-bond acceptors (Lipinski definition) is 4. The molecule has 120 valence electrons. The van der Waals surface area contributed by atoms with E-state index in [0.29, 0.717) is 19.5 Å². The summed E-state index contributed by atoms with van der Waals surface area (Å²) in [5.41, 5.74) is 0. The number of hydrogen-bond donors (Lipinski definition) is 2. The van der Waals surface area contributed by atoms with Gasteiger partial charge >= 0.3 is 12.0 Å². The molecule has 1 unspecified atom stereocenters. The zero-order valence-corrected chi connectivity index (χ0v) is 13.2. The Balaban J connectivity index is 1.78. The lowest BCUT2D eigenvalue weighted by atomic mass is 10.1. The molecule has 0 saturated carbocycles. The Morgan fingerprint density at radius 3 is 2.62 bits per heavy atom. The second-order valence-corrected chi connectivity index (χ2v) is 6.81. The van der Waals surface area contributed by atoms with E-state index in [0.717, 1.165) is 50.4 Å². The third-order valence-electron chi connectivity index (χ3n) is 4.11. The Morgan fingerprint density at radius 2 is 1.90 bits per heavy atom. The van der Waals surface area contributed by atoms with Gasteiger partial charge in [0.2, 0.25) is 0 Å². The Labute approximate surface area is 130 Å². The van der Waals surface area contributed by atoms with Gasteiger partial charge in [-0.05, 0) is 12.8 Å². The molecule has 2 amide bonds. The number of amides is 2. The van der Waals surface area contributed by atoms with E-state index in [9.17, 15) is 14.7 Å². The van der Waals surface area contributed by atoms with Crippen molar-refractivity contribution in [1.29, 1.82) is 0 Å². The standard InChI is InChI=1S/C14H25N3O3S/c18-13(19)12-4-2-1-3-6-17(12)14(20)15-5-7-16-8-10-21-11-9-16/h12H,1-11H2,(H,15,20)(H,18,19). The summed E-state index contributed by atoms with van der Waals surface area (Å²) in [7, 11) is 0. The average Bonchev–Trinajstić information content (AvgIpc) is 2.74.